The SMILES string of the molecule is CC1(C)OCC(COCCC[Si])O1. The van der Waals surface area contributed by atoms with Crippen molar-refractivity contribution in [1.82, 2.24) is 0 Å². The van der Waals surface area contributed by atoms with Crippen molar-refractivity contribution >= 4 is 10.2 Å². The molecule has 0 aliphatic carbocycles. The van der Waals surface area contributed by atoms with Gasteiger partial charge in [-0.3, -0.25) is 0 Å². The van der Waals surface area contributed by atoms with Crippen LogP contribution in [0.25, 0.3) is 0 Å². The summed E-state index contributed by atoms with van der Waals surface area (Å²) in [7, 11) is 3.39. The monoisotopic (exact) mass is 201 g/mol. The van der Waals surface area contributed by atoms with E-state index in [1.807, 2.05) is 13.8 Å². The smallest absolute Gasteiger partial charge is 0.163 e. The molecule has 0 aromatic carbocycles. The maximum Gasteiger partial charge on any atom is 0.163 e. The average molecular weight is 201 g/mol. The molecule has 0 aromatic heterocycles. The fraction of sp³-hybridized carbons (Fsp3) is 1.00. The Bertz CT molecular complexity index is 150. The van der Waals surface area contributed by atoms with Gasteiger partial charge >= 0.3 is 0 Å². The summed E-state index contributed by atoms with van der Waals surface area (Å²) in [6.07, 6.45) is 1.14. The molecule has 0 aromatic rings. The van der Waals surface area contributed by atoms with E-state index in [9.17, 15) is 0 Å². The molecule has 0 amide bonds. The summed E-state index contributed by atoms with van der Waals surface area (Å²) in [6.45, 7) is 5.90. The lowest BCUT2D eigenvalue weighted by Gasteiger charge is -2.16. The second-order valence-electron chi connectivity index (χ2n) is 3.63. The maximum atomic E-state index is 5.57. The molecule has 1 heterocycles. The first kappa shape index (κ1) is 11.2. The highest BCUT2D eigenvalue weighted by atomic mass is 28.1. The van der Waals surface area contributed by atoms with Gasteiger partial charge in [0, 0.05) is 16.8 Å². The highest BCUT2D eigenvalue weighted by molar-refractivity contribution is 6.08. The number of hydrogen-bond donors (Lipinski definition) is 0. The lowest BCUT2D eigenvalue weighted by atomic mass is 10.4. The number of rotatable bonds is 5. The van der Waals surface area contributed by atoms with Crippen molar-refractivity contribution in [2.45, 2.75) is 38.2 Å². The lowest BCUT2D eigenvalue weighted by Crippen LogP contribution is -2.24. The Morgan fingerprint density at radius 2 is 2.31 bits per heavy atom. The molecular formula is C9H17O3Si. The Morgan fingerprint density at radius 3 is 2.85 bits per heavy atom. The fourth-order valence-electron chi connectivity index (χ4n) is 1.23. The highest BCUT2D eigenvalue weighted by Crippen LogP contribution is 2.22. The molecule has 75 valence electrons. The van der Waals surface area contributed by atoms with E-state index in [1.165, 1.54) is 0 Å². The third-order valence-electron chi connectivity index (χ3n) is 1.84. The molecule has 4 heteroatoms. The predicted octanol–water partition coefficient (Wildman–Crippen LogP) is 1.13. The molecule has 13 heavy (non-hydrogen) atoms. The van der Waals surface area contributed by atoms with Crippen LogP contribution in [0, 0.1) is 0 Å². The second kappa shape index (κ2) is 5.10. The zero-order valence-electron chi connectivity index (χ0n) is 8.34. The standard InChI is InChI=1S/C9H17O3Si/c1-9(2)11-7-8(12-9)6-10-4-3-5-13/h8H,3-7H2,1-2H3. The first-order valence-electron chi connectivity index (χ1n) is 4.68. The zero-order chi connectivity index (χ0) is 9.73. The number of hydrogen-bond acceptors (Lipinski definition) is 3. The van der Waals surface area contributed by atoms with Gasteiger partial charge in [0.05, 0.1) is 13.2 Å². The Morgan fingerprint density at radius 1 is 1.54 bits per heavy atom. The Hall–Kier alpha value is 0.0969. The minimum atomic E-state index is -0.427. The van der Waals surface area contributed by atoms with Crippen LogP contribution in [0.15, 0.2) is 0 Å². The maximum absolute atomic E-state index is 5.57. The van der Waals surface area contributed by atoms with E-state index in [0.717, 1.165) is 19.1 Å². The first-order chi connectivity index (χ1) is 6.14. The van der Waals surface area contributed by atoms with Gasteiger partial charge in [-0.2, -0.15) is 0 Å². The quantitative estimate of drug-likeness (QED) is 0.493. The molecule has 0 spiro atoms. The Balaban J connectivity index is 2.04. The van der Waals surface area contributed by atoms with Gasteiger partial charge in [-0.05, 0) is 20.3 Å². The summed E-state index contributed by atoms with van der Waals surface area (Å²) in [6, 6.07) is 0.980. The fourth-order valence-corrected chi connectivity index (χ4v) is 1.38. The molecule has 0 saturated carbocycles. The van der Waals surface area contributed by atoms with Gasteiger partial charge in [-0.25, -0.2) is 0 Å². The minimum absolute atomic E-state index is 0.102. The van der Waals surface area contributed by atoms with E-state index in [-0.39, 0.29) is 6.10 Å². The van der Waals surface area contributed by atoms with Crippen molar-refractivity contribution in [3.05, 3.63) is 0 Å². The highest BCUT2D eigenvalue weighted by Gasteiger charge is 2.32. The van der Waals surface area contributed by atoms with Crippen LogP contribution in [0.4, 0.5) is 0 Å². The molecule has 1 saturated heterocycles. The van der Waals surface area contributed by atoms with Gasteiger partial charge < -0.3 is 14.2 Å². The topological polar surface area (TPSA) is 27.7 Å². The molecule has 0 bridgehead atoms. The van der Waals surface area contributed by atoms with Gasteiger partial charge in [-0.1, -0.05) is 6.04 Å². The van der Waals surface area contributed by atoms with Crippen molar-refractivity contribution in [2.24, 2.45) is 0 Å². The second-order valence-corrected chi connectivity index (χ2v) is 4.13. The van der Waals surface area contributed by atoms with Crippen LogP contribution in [0.1, 0.15) is 20.3 Å². The predicted molar refractivity (Wildman–Crippen MR) is 50.9 cm³/mol. The van der Waals surface area contributed by atoms with Crippen LogP contribution >= 0.6 is 0 Å². The van der Waals surface area contributed by atoms with Crippen molar-refractivity contribution in [2.75, 3.05) is 19.8 Å². The first-order valence-corrected chi connectivity index (χ1v) is 5.39. The minimum Gasteiger partial charge on any atom is -0.379 e. The average Bonchev–Trinajstić information content (AvgIpc) is 2.40. The molecule has 1 unspecified atom stereocenters. The normalized spacial score (nSPS) is 26.5. The summed E-state index contributed by atoms with van der Waals surface area (Å²) >= 11 is 0. The molecule has 1 fully saturated rings. The molecule has 3 radical (unpaired) electrons. The van der Waals surface area contributed by atoms with Gasteiger partial charge in [0.2, 0.25) is 0 Å². The third-order valence-corrected chi connectivity index (χ3v) is 2.19. The molecule has 1 rings (SSSR count). The van der Waals surface area contributed by atoms with Crippen LogP contribution < -0.4 is 0 Å². The summed E-state index contributed by atoms with van der Waals surface area (Å²) in [5.41, 5.74) is 0. The van der Waals surface area contributed by atoms with Gasteiger partial charge in [-0.15, -0.1) is 0 Å². The number of ether oxygens (including phenoxy) is 3. The van der Waals surface area contributed by atoms with Crippen molar-refractivity contribution < 1.29 is 14.2 Å². The largest absolute Gasteiger partial charge is 0.379 e. The van der Waals surface area contributed by atoms with Crippen LogP contribution in [0.3, 0.4) is 0 Å². The molecular weight excluding hydrogens is 184 g/mol. The summed E-state index contributed by atoms with van der Waals surface area (Å²) in [4.78, 5) is 0. The van der Waals surface area contributed by atoms with Crippen molar-refractivity contribution in [3.8, 4) is 0 Å². The van der Waals surface area contributed by atoms with Crippen LogP contribution in [-0.2, 0) is 14.2 Å². The van der Waals surface area contributed by atoms with Gasteiger partial charge in [0.1, 0.15) is 6.10 Å². The van der Waals surface area contributed by atoms with Gasteiger partial charge in [0.15, 0.2) is 5.79 Å². The van der Waals surface area contributed by atoms with E-state index >= 15 is 0 Å². The molecule has 1 aliphatic rings. The van der Waals surface area contributed by atoms with Crippen LogP contribution in [0.5, 0.6) is 0 Å². The van der Waals surface area contributed by atoms with E-state index < -0.39 is 5.79 Å². The van der Waals surface area contributed by atoms with Crippen LogP contribution in [-0.4, -0.2) is 42.0 Å². The molecule has 1 aliphatic heterocycles. The lowest BCUT2D eigenvalue weighted by molar-refractivity contribution is -0.145. The van der Waals surface area contributed by atoms with E-state index in [4.69, 9.17) is 14.2 Å². The van der Waals surface area contributed by atoms with Gasteiger partial charge in [0.25, 0.3) is 0 Å². The molecule has 1 atom stereocenters. The molecule has 0 N–H and O–H groups in total. The van der Waals surface area contributed by atoms with E-state index in [2.05, 4.69) is 10.2 Å². The van der Waals surface area contributed by atoms with Crippen molar-refractivity contribution in [3.63, 3.8) is 0 Å². The third kappa shape index (κ3) is 4.22. The van der Waals surface area contributed by atoms with E-state index in [0.29, 0.717) is 13.2 Å². The van der Waals surface area contributed by atoms with Crippen LogP contribution in [0.2, 0.25) is 6.04 Å². The summed E-state index contributed by atoms with van der Waals surface area (Å²) in [5, 5.41) is 0. The molecule has 3 nitrogen and oxygen atoms in total. The summed E-state index contributed by atoms with van der Waals surface area (Å²) in [5.74, 6) is -0.427. The Labute approximate surface area is 83.2 Å². The summed E-state index contributed by atoms with van der Waals surface area (Å²) < 4.78 is 16.4. The van der Waals surface area contributed by atoms with Crippen molar-refractivity contribution in [1.29, 1.82) is 0 Å². The zero-order valence-corrected chi connectivity index (χ0v) is 9.34. The van der Waals surface area contributed by atoms with E-state index in [1.54, 1.807) is 0 Å². The Kier molecular flexibility index (Phi) is 4.38.